The molecule has 1 aromatic heterocycles. The Morgan fingerprint density at radius 1 is 0.963 bits per heavy atom. The molecule has 2 aromatic carbocycles. The van der Waals surface area contributed by atoms with E-state index in [1.54, 1.807) is 30.5 Å². The third-order valence-corrected chi connectivity index (χ3v) is 4.46. The van der Waals surface area contributed by atoms with Gasteiger partial charge in [-0.15, -0.1) is 0 Å². The van der Waals surface area contributed by atoms with Crippen molar-refractivity contribution in [3.05, 3.63) is 89.9 Å². The number of benzene rings is 2. The van der Waals surface area contributed by atoms with Gasteiger partial charge in [-0.25, -0.2) is 0 Å². The summed E-state index contributed by atoms with van der Waals surface area (Å²) in [5.74, 6) is 0.684. The number of hydrogen-bond donors (Lipinski definition) is 2. The van der Waals surface area contributed by atoms with Gasteiger partial charge >= 0.3 is 0 Å². The highest BCUT2D eigenvalue weighted by Crippen LogP contribution is 2.19. The van der Waals surface area contributed by atoms with E-state index in [2.05, 4.69) is 5.32 Å². The van der Waals surface area contributed by atoms with Crippen molar-refractivity contribution >= 4 is 17.4 Å². The number of furan rings is 1. The van der Waals surface area contributed by atoms with Gasteiger partial charge in [0.05, 0.1) is 6.26 Å². The van der Waals surface area contributed by atoms with Crippen molar-refractivity contribution in [3.63, 3.8) is 0 Å². The Kier molecular flexibility index (Phi) is 5.84. The number of Topliss-reactive ketones (excluding diaryl/α,β-unsaturated/α-hetero) is 1. The maximum Gasteiger partial charge on any atom is 0.282 e. The van der Waals surface area contributed by atoms with Gasteiger partial charge in [-0.1, -0.05) is 30.3 Å². The summed E-state index contributed by atoms with van der Waals surface area (Å²) in [6.07, 6.45) is 1.64. The largest absolute Gasteiger partial charge is 0.463 e. The Labute approximate surface area is 158 Å². The normalized spacial score (nSPS) is 13.0. The van der Waals surface area contributed by atoms with Crippen LogP contribution in [0.15, 0.2) is 77.4 Å². The van der Waals surface area contributed by atoms with Gasteiger partial charge in [0.2, 0.25) is 0 Å². The van der Waals surface area contributed by atoms with Gasteiger partial charge in [0.25, 0.3) is 5.91 Å². The molecule has 0 aliphatic heterocycles. The fraction of sp³-hybridized carbons (Fsp3) is 0.182. The van der Waals surface area contributed by atoms with Crippen LogP contribution in [0.3, 0.4) is 0 Å². The minimum Gasteiger partial charge on any atom is -0.463 e. The van der Waals surface area contributed by atoms with Gasteiger partial charge < -0.3 is 15.1 Å². The van der Waals surface area contributed by atoms with Crippen LogP contribution in [0.2, 0.25) is 0 Å². The quantitative estimate of drug-likeness (QED) is 0.633. The monoisotopic (exact) mass is 363 g/mol. The molecule has 5 nitrogen and oxygen atoms in total. The van der Waals surface area contributed by atoms with Crippen molar-refractivity contribution < 1.29 is 19.3 Å². The first kappa shape index (κ1) is 18.6. The first-order valence-corrected chi connectivity index (χ1v) is 8.90. The van der Waals surface area contributed by atoms with E-state index in [1.807, 2.05) is 54.7 Å². The topological polar surface area (TPSA) is 75.9 Å². The van der Waals surface area contributed by atoms with Gasteiger partial charge in [-0.3, -0.25) is 9.59 Å². The molecule has 0 aliphatic rings. The lowest BCUT2D eigenvalue weighted by Crippen LogP contribution is -2.92. The molecule has 0 radical (unpaired) electrons. The average molecular weight is 363 g/mol. The number of nitrogens with one attached hydrogen (secondary N) is 1. The number of amides is 1. The predicted octanol–water partition coefficient (Wildman–Crippen LogP) is 3.16. The smallest absolute Gasteiger partial charge is 0.282 e. The van der Waals surface area contributed by atoms with E-state index in [9.17, 15) is 9.59 Å². The summed E-state index contributed by atoms with van der Waals surface area (Å²) in [6, 6.07) is 20.2. The maximum atomic E-state index is 12.6. The van der Waals surface area contributed by atoms with Crippen LogP contribution in [0.25, 0.3) is 0 Å². The van der Waals surface area contributed by atoms with Crippen LogP contribution in [-0.4, -0.2) is 17.7 Å². The van der Waals surface area contributed by atoms with Crippen LogP contribution in [-0.2, 0) is 4.79 Å². The minimum absolute atomic E-state index is 0.00118. The standard InChI is InChI=1S/C22H22N2O3/c1-15(22(26)24-19-12-10-17(11-13-19)16(2)25)23-21(20-9-6-14-27-20)18-7-4-3-5-8-18/h3-15,21,23H,1-2H3,(H,24,26)/p+1/t15-,21-/m1/s1. The number of rotatable bonds is 7. The van der Waals surface area contributed by atoms with Gasteiger partial charge in [0, 0.05) is 16.8 Å². The molecule has 0 bridgehead atoms. The second-order valence-corrected chi connectivity index (χ2v) is 6.51. The molecule has 0 spiro atoms. The average Bonchev–Trinajstić information content (AvgIpc) is 3.21. The zero-order chi connectivity index (χ0) is 19.2. The third kappa shape index (κ3) is 4.71. The Bertz CT molecular complexity index is 887. The number of carbonyl (C=O) groups excluding carboxylic acids is 2. The molecule has 138 valence electrons. The number of quaternary nitrogens is 1. The highest BCUT2D eigenvalue weighted by Gasteiger charge is 2.26. The highest BCUT2D eigenvalue weighted by molar-refractivity contribution is 5.96. The van der Waals surface area contributed by atoms with Crippen molar-refractivity contribution in [2.24, 2.45) is 0 Å². The van der Waals surface area contributed by atoms with Crippen LogP contribution < -0.4 is 10.6 Å². The summed E-state index contributed by atoms with van der Waals surface area (Å²) in [5.41, 5.74) is 2.35. The molecular weight excluding hydrogens is 340 g/mol. The predicted molar refractivity (Wildman–Crippen MR) is 103 cm³/mol. The summed E-state index contributed by atoms with van der Waals surface area (Å²) in [5, 5.41) is 4.88. The molecule has 0 saturated heterocycles. The SMILES string of the molecule is CC(=O)c1ccc(NC(=O)[C@@H](C)[NH2+][C@H](c2ccccc2)c2ccco2)cc1. The van der Waals surface area contributed by atoms with Crippen LogP contribution in [0.5, 0.6) is 0 Å². The Hall–Kier alpha value is -3.18. The first-order valence-electron chi connectivity index (χ1n) is 8.90. The molecule has 3 aromatic rings. The molecule has 2 atom stereocenters. The van der Waals surface area contributed by atoms with Crippen molar-refractivity contribution in [2.45, 2.75) is 25.9 Å². The van der Waals surface area contributed by atoms with E-state index in [0.717, 1.165) is 11.3 Å². The van der Waals surface area contributed by atoms with Crippen LogP contribution in [0.1, 0.15) is 41.6 Å². The van der Waals surface area contributed by atoms with E-state index in [4.69, 9.17) is 4.42 Å². The van der Waals surface area contributed by atoms with Gasteiger partial charge in [0.15, 0.2) is 23.6 Å². The summed E-state index contributed by atoms with van der Waals surface area (Å²) >= 11 is 0. The third-order valence-electron chi connectivity index (χ3n) is 4.46. The van der Waals surface area contributed by atoms with E-state index in [-0.39, 0.29) is 23.8 Å². The molecule has 5 heteroatoms. The molecule has 0 aliphatic carbocycles. The molecule has 3 rings (SSSR count). The summed E-state index contributed by atoms with van der Waals surface area (Å²) in [6.45, 7) is 3.38. The number of ketones is 1. The van der Waals surface area contributed by atoms with E-state index in [1.165, 1.54) is 6.92 Å². The summed E-state index contributed by atoms with van der Waals surface area (Å²) < 4.78 is 5.59. The van der Waals surface area contributed by atoms with Gasteiger partial charge in [0.1, 0.15) is 0 Å². The number of anilines is 1. The zero-order valence-electron chi connectivity index (χ0n) is 15.4. The molecular formula is C22H23N2O3+. The molecule has 0 saturated carbocycles. The van der Waals surface area contributed by atoms with Gasteiger partial charge in [-0.2, -0.15) is 0 Å². The molecule has 3 N–H and O–H groups in total. The Morgan fingerprint density at radius 3 is 2.26 bits per heavy atom. The van der Waals surface area contributed by atoms with Crippen LogP contribution >= 0.6 is 0 Å². The zero-order valence-corrected chi connectivity index (χ0v) is 15.4. The van der Waals surface area contributed by atoms with Crippen molar-refractivity contribution in [1.29, 1.82) is 0 Å². The summed E-state index contributed by atoms with van der Waals surface area (Å²) in [7, 11) is 0. The van der Waals surface area contributed by atoms with Crippen LogP contribution in [0, 0.1) is 0 Å². The Balaban J connectivity index is 1.70. The van der Waals surface area contributed by atoms with Crippen molar-refractivity contribution in [2.75, 3.05) is 5.32 Å². The second kappa shape index (κ2) is 8.47. The van der Waals surface area contributed by atoms with Gasteiger partial charge in [-0.05, 0) is 50.2 Å². The lowest BCUT2D eigenvalue weighted by molar-refractivity contribution is -0.706. The summed E-state index contributed by atoms with van der Waals surface area (Å²) in [4.78, 5) is 24.0. The molecule has 1 heterocycles. The van der Waals surface area contributed by atoms with E-state index >= 15 is 0 Å². The fourth-order valence-corrected chi connectivity index (χ4v) is 2.92. The number of carbonyl (C=O) groups is 2. The van der Waals surface area contributed by atoms with E-state index < -0.39 is 0 Å². The minimum atomic E-state index is -0.340. The van der Waals surface area contributed by atoms with E-state index in [0.29, 0.717) is 11.3 Å². The Morgan fingerprint density at radius 2 is 1.67 bits per heavy atom. The number of hydrogen-bond acceptors (Lipinski definition) is 3. The van der Waals surface area contributed by atoms with Crippen LogP contribution in [0.4, 0.5) is 5.69 Å². The molecule has 1 amide bonds. The first-order chi connectivity index (χ1) is 13.0. The molecule has 27 heavy (non-hydrogen) atoms. The molecule has 0 fully saturated rings. The second-order valence-electron chi connectivity index (χ2n) is 6.51. The lowest BCUT2D eigenvalue weighted by atomic mass is 10.0. The maximum absolute atomic E-state index is 12.6. The fourth-order valence-electron chi connectivity index (χ4n) is 2.92. The number of nitrogens with two attached hydrogens (primary N) is 1. The van der Waals surface area contributed by atoms with Crippen molar-refractivity contribution in [3.8, 4) is 0 Å². The molecule has 0 unspecified atom stereocenters. The van der Waals surface area contributed by atoms with Crippen molar-refractivity contribution in [1.82, 2.24) is 0 Å². The lowest BCUT2D eigenvalue weighted by Gasteiger charge is -2.18. The highest BCUT2D eigenvalue weighted by atomic mass is 16.3.